The van der Waals surface area contributed by atoms with Gasteiger partial charge in [-0.05, 0) is 63.7 Å². The molecule has 9 nitrogen and oxygen atoms in total. The molecule has 0 radical (unpaired) electrons. The number of unbranched alkanes of at least 4 members (excludes halogenated alkanes) is 1. The molecule has 254 valence electrons. The first-order valence-corrected chi connectivity index (χ1v) is 17.8. The Labute approximate surface area is 267 Å². The van der Waals surface area contributed by atoms with E-state index in [9.17, 15) is 24.3 Å². The van der Waals surface area contributed by atoms with Gasteiger partial charge in [0.25, 0.3) is 0 Å². The summed E-state index contributed by atoms with van der Waals surface area (Å²) in [4.78, 5) is 54.6. The Hall–Kier alpha value is -2.00. The number of hydrogen-bond donors (Lipinski definition) is 3. The molecular weight excluding hydrogens is 556 g/mol. The molecule has 44 heavy (non-hydrogen) atoms. The summed E-state index contributed by atoms with van der Waals surface area (Å²) in [6, 6.07) is -0.472. The zero-order valence-corrected chi connectivity index (χ0v) is 28.7. The number of nitrogens with one attached hydrogen (secondary N) is 2. The minimum absolute atomic E-state index is 0.0281. The topological polar surface area (TPSA) is 119 Å². The lowest BCUT2D eigenvalue weighted by Crippen LogP contribution is -2.54. The maximum Gasteiger partial charge on any atom is 0.234 e. The van der Waals surface area contributed by atoms with Crippen LogP contribution in [0.5, 0.6) is 0 Å². The molecule has 0 heterocycles. The predicted octanol–water partition coefficient (Wildman–Crippen LogP) is 5.25. The van der Waals surface area contributed by atoms with Crippen molar-refractivity contribution in [2.75, 3.05) is 26.2 Å². The molecule has 2 aliphatic rings. The van der Waals surface area contributed by atoms with Crippen LogP contribution < -0.4 is 10.7 Å². The first-order chi connectivity index (χ1) is 21.0. The summed E-state index contributed by atoms with van der Waals surface area (Å²) in [5, 5.41) is 16.6. The maximum absolute atomic E-state index is 13.9. The van der Waals surface area contributed by atoms with Gasteiger partial charge in [0.1, 0.15) is 5.78 Å². The van der Waals surface area contributed by atoms with E-state index in [0.717, 1.165) is 51.4 Å². The zero-order chi connectivity index (χ0) is 32.6. The van der Waals surface area contributed by atoms with E-state index >= 15 is 0 Å². The van der Waals surface area contributed by atoms with Crippen molar-refractivity contribution in [1.82, 2.24) is 20.7 Å². The van der Waals surface area contributed by atoms with Gasteiger partial charge >= 0.3 is 0 Å². The third-order valence-electron chi connectivity index (χ3n) is 9.47. The van der Waals surface area contributed by atoms with Crippen molar-refractivity contribution in [3.63, 3.8) is 0 Å². The monoisotopic (exact) mass is 620 g/mol. The summed E-state index contributed by atoms with van der Waals surface area (Å²) in [7, 11) is 0. The summed E-state index contributed by atoms with van der Waals surface area (Å²) >= 11 is 0. The molecule has 0 aliphatic heterocycles. The molecule has 5 unspecified atom stereocenters. The average Bonchev–Trinajstić information content (AvgIpc) is 2.98. The first-order valence-electron chi connectivity index (χ1n) is 17.8. The van der Waals surface area contributed by atoms with Gasteiger partial charge < -0.3 is 15.3 Å². The molecule has 2 rings (SSSR count). The zero-order valence-electron chi connectivity index (χ0n) is 28.7. The molecule has 5 atom stereocenters. The van der Waals surface area contributed by atoms with E-state index in [2.05, 4.69) is 31.5 Å². The standard InChI is InChI=1S/C35H64N4O5/c1-7-10-18-39(37-33(42)19-25(4)5)24-32(41)31(20-27-14-12-11-13-15-27)36-34(43)29-21-28(26(6)40)22-30(23-29)35(44)38(16-8-2)17-9-3/h25,27-32,41H,7-24H2,1-6H3,(H,36,43)(H,37,42). The molecule has 3 N–H and O–H groups in total. The van der Waals surface area contributed by atoms with Gasteiger partial charge in [-0.3, -0.25) is 24.6 Å². The Balaban J connectivity index is 2.23. The molecule has 0 aromatic heterocycles. The Morgan fingerprint density at radius 3 is 2.02 bits per heavy atom. The van der Waals surface area contributed by atoms with Crippen molar-refractivity contribution in [3.8, 4) is 0 Å². The minimum Gasteiger partial charge on any atom is -0.390 e. The van der Waals surface area contributed by atoms with Crippen LogP contribution in [0.1, 0.15) is 131 Å². The van der Waals surface area contributed by atoms with Crippen LogP contribution in [-0.4, -0.2) is 76.8 Å². The number of carbonyl (C=O) groups excluding carboxylic acids is 4. The predicted molar refractivity (Wildman–Crippen MR) is 175 cm³/mol. The van der Waals surface area contributed by atoms with Crippen LogP contribution in [0.4, 0.5) is 0 Å². The van der Waals surface area contributed by atoms with Gasteiger partial charge in [-0.1, -0.05) is 73.1 Å². The molecule has 2 aliphatic carbocycles. The summed E-state index contributed by atoms with van der Waals surface area (Å²) in [5.74, 6) is -0.632. The number of aliphatic hydroxyl groups excluding tert-OH is 1. The maximum atomic E-state index is 13.9. The highest BCUT2D eigenvalue weighted by molar-refractivity contribution is 5.86. The second-order valence-corrected chi connectivity index (χ2v) is 14.1. The summed E-state index contributed by atoms with van der Waals surface area (Å²) in [6.07, 6.45) is 10.9. The Bertz CT molecular complexity index is 884. The minimum atomic E-state index is -0.869. The summed E-state index contributed by atoms with van der Waals surface area (Å²) in [6.45, 7) is 14.0. The van der Waals surface area contributed by atoms with Gasteiger partial charge in [0.15, 0.2) is 0 Å². The molecule has 0 saturated heterocycles. The van der Waals surface area contributed by atoms with Crippen molar-refractivity contribution >= 4 is 23.5 Å². The molecule has 0 bridgehead atoms. The fourth-order valence-electron chi connectivity index (χ4n) is 7.08. The lowest BCUT2D eigenvalue weighted by Gasteiger charge is -2.37. The molecule has 3 amide bonds. The van der Waals surface area contributed by atoms with Gasteiger partial charge in [0.05, 0.1) is 12.1 Å². The third-order valence-corrected chi connectivity index (χ3v) is 9.47. The van der Waals surface area contributed by atoms with Crippen molar-refractivity contribution in [3.05, 3.63) is 0 Å². The van der Waals surface area contributed by atoms with Gasteiger partial charge in [-0.25, -0.2) is 5.01 Å². The highest BCUT2D eigenvalue weighted by Gasteiger charge is 2.40. The Morgan fingerprint density at radius 1 is 0.841 bits per heavy atom. The second-order valence-electron chi connectivity index (χ2n) is 14.1. The number of rotatable bonds is 19. The van der Waals surface area contributed by atoms with Crippen LogP contribution >= 0.6 is 0 Å². The molecule has 0 spiro atoms. The normalized spacial score (nSPS) is 22.4. The number of hydrazine groups is 1. The number of aliphatic hydroxyl groups is 1. The van der Waals surface area contributed by atoms with E-state index in [-0.39, 0.29) is 47.8 Å². The van der Waals surface area contributed by atoms with E-state index in [1.165, 1.54) is 6.42 Å². The first kappa shape index (κ1) is 38.2. The van der Waals surface area contributed by atoms with Crippen LogP contribution in [0.25, 0.3) is 0 Å². The molecule has 0 aromatic carbocycles. The average molecular weight is 621 g/mol. The van der Waals surface area contributed by atoms with E-state index in [0.29, 0.717) is 57.7 Å². The van der Waals surface area contributed by atoms with Crippen LogP contribution in [0.2, 0.25) is 0 Å². The smallest absolute Gasteiger partial charge is 0.234 e. The second kappa shape index (κ2) is 20.2. The van der Waals surface area contributed by atoms with Gasteiger partial charge in [-0.2, -0.15) is 0 Å². The van der Waals surface area contributed by atoms with Crippen LogP contribution in [0, 0.1) is 29.6 Å². The number of Topliss-reactive ketones (excluding diaryl/α,β-unsaturated/α-hetero) is 1. The molecule has 0 aromatic rings. The van der Waals surface area contributed by atoms with Crippen molar-refractivity contribution < 1.29 is 24.3 Å². The van der Waals surface area contributed by atoms with Crippen LogP contribution in [0.3, 0.4) is 0 Å². The Morgan fingerprint density at radius 2 is 1.45 bits per heavy atom. The molecule has 9 heteroatoms. The van der Waals surface area contributed by atoms with Crippen molar-refractivity contribution in [2.45, 2.75) is 144 Å². The fraction of sp³-hybridized carbons (Fsp3) is 0.886. The van der Waals surface area contributed by atoms with E-state index in [4.69, 9.17) is 0 Å². The Kier molecular flexibility index (Phi) is 17.5. The highest BCUT2D eigenvalue weighted by atomic mass is 16.3. The lowest BCUT2D eigenvalue weighted by atomic mass is 9.72. The number of ketones is 1. The highest BCUT2D eigenvalue weighted by Crippen LogP contribution is 2.36. The molecule has 2 saturated carbocycles. The van der Waals surface area contributed by atoms with E-state index in [1.807, 2.05) is 23.8 Å². The van der Waals surface area contributed by atoms with E-state index < -0.39 is 18.1 Å². The summed E-state index contributed by atoms with van der Waals surface area (Å²) in [5.41, 5.74) is 3.00. The molecular formula is C35H64N4O5. The largest absolute Gasteiger partial charge is 0.390 e. The quantitative estimate of drug-likeness (QED) is 0.170. The van der Waals surface area contributed by atoms with Crippen LogP contribution in [-0.2, 0) is 19.2 Å². The van der Waals surface area contributed by atoms with Crippen molar-refractivity contribution in [2.24, 2.45) is 29.6 Å². The fourth-order valence-corrected chi connectivity index (χ4v) is 7.08. The van der Waals surface area contributed by atoms with Crippen LogP contribution in [0.15, 0.2) is 0 Å². The summed E-state index contributed by atoms with van der Waals surface area (Å²) < 4.78 is 0. The van der Waals surface area contributed by atoms with Crippen molar-refractivity contribution in [1.29, 1.82) is 0 Å². The third kappa shape index (κ3) is 13.2. The SMILES string of the molecule is CCCCN(CC(O)C(CC1CCCCC1)NC(=O)C1CC(C(C)=O)CC(C(=O)N(CCC)CCC)C1)NC(=O)CC(C)C. The number of carbonyl (C=O) groups is 4. The van der Waals surface area contributed by atoms with Gasteiger partial charge in [0.2, 0.25) is 17.7 Å². The van der Waals surface area contributed by atoms with E-state index in [1.54, 1.807) is 6.92 Å². The number of hydrogen-bond acceptors (Lipinski definition) is 6. The number of nitrogens with zero attached hydrogens (tertiary/aromatic N) is 2. The lowest BCUT2D eigenvalue weighted by molar-refractivity contribution is -0.141. The molecule has 2 fully saturated rings. The van der Waals surface area contributed by atoms with Gasteiger partial charge in [0, 0.05) is 50.4 Å². The number of amides is 3. The van der Waals surface area contributed by atoms with Gasteiger partial charge in [-0.15, -0.1) is 0 Å².